The topological polar surface area (TPSA) is 12.0 Å². The van der Waals surface area contributed by atoms with E-state index in [4.69, 9.17) is 0 Å². The molecule has 0 spiro atoms. The Kier molecular flexibility index (Phi) is 4.60. The van der Waals surface area contributed by atoms with Crippen LogP contribution in [0.1, 0.15) is 33.8 Å². The molecule has 1 heterocycles. The Labute approximate surface area is 121 Å². The Morgan fingerprint density at radius 1 is 1.22 bits per heavy atom. The second kappa shape index (κ2) is 6.00. The van der Waals surface area contributed by atoms with Crippen LogP contribution in [0.5, 0.6) is 0 Å². The third-order valence-electron chi connectivity index (χ3n) is 3.07. The normalized spacial score (nSPS) is 12.7. The quantitative estimate of drug-likeness (QED) is 0.836. The van der Waals surface area contributed by atoms with Crippen LogP contribution in [0.25, 0.3) is 0 Å². The summed E-state index contributed by atoms with van der Waals surface area (Å²) in [6.07, 6.45) is 0. The van der Waals surface area contributed by atoms with Crippen LogP contribution in [0.2, 0.25) is 0 Å². The maximum Gasteiger partial charge on any atom is 0.0305 e. The molecule has 0 aliphatic carbocycles. The molecule has 0 radical (unpaired) electrons. The van der Waals surface area contributed by atoms with Gasteiger partial charge in [-0.15, -0.1) is 11.3 Å². The first-order chi connectivity index (χ1) is 8.56. The van der Waals surface area contributed by atoms with Crippen LogP contribution in [-0.4, -0.2) is 0 Å². The summed E-state index contributed by atoms with van der Waals surface area (Å²) in [7, 11) is 0. The lowest BCUT2D eigenvalue weighted by molar-refractivity contribution is 0.574. The van der Waals surface area contributed by atoms with Crippen LogP contribution < -0.4 is 5.32 Å². The summed E-state index contributed by atoms with van der Waals surface area (Å²) in [6, 6.07) is 11.2. The highest BCUT2D eigenvalue weighted by Gasteiger charge is 2.10. The fourth-order valence-electron chi connectivity index (χ4n) is 2.06. The summed E-state index contributed by atoms with van der Waals surface area (Å²) in [6.45, 7) is 7.50. The summed E-state index contributed by atoms with van der Waals surface area (Å²) in [5.41, 5.74) is 2.74. The van der Waals surface area contributed by atoms with Gasteiger partial charge in [0.2, 0.25) is 0 Å². The number of rotatable bonds is 4. The molecule has 0 amide bonds. The Morgan fingerprint density at radius 3 is 2.44 bits per heavy atom. The Balaban J connectivity index is 1.98. The lowest BCUT2D eigenvalue weighted by Crippen LogP contribution is -2.18. The van der Waals surface area contributed by atoms with Gasteiger partial charge in [0.1, 0.15) is 0 Å². The first-order valence-electron chi connectivity index (χ1n) is 6.11. The number of hydrogen-bond acceptors (Lipinski definition) is 2. The molecule has 2 rings (SSSR count). The van der Waals surface area contributed by atoms with Gasteiger partial charge in [0.25, 0.3) is 0 Å². The SMILES string of the molecule is Cc1cc(C(C)NCc2ccc(Br)cc2)c(C)s1. The molecule has 0 saturated heterocycles. The molecule has 0 bridgehead atoms. The molecule has 1 atom stereocenters. The van der Waals surface area contributed by atoms with Crippen molar-refractivity contribution in [3.63, 3.8) is 0 Å². The van der Waals surface area contributed by atoms with E-state index in [-0.39, 0.29) is 0 Å². The van der Waals surface area contributed by atoms with Gasteiger partial charge in [0.15, 0.2) is 0 Å². The van der Waals surface area contributed by atoms with Crippen LogP contribution in [0.15, 0.2) is 34.8 Å². The van der Waals surface area contributed by atoms with Crippen LogP contribution >= 0.6 is 27.3 Å². The third kappa shape index (κ3) is 3.44. The van der Waals surface area contributed by atoms with Crippen LogP contribution in [0.4, 0.5) is 0 Å². The van der Waals surface area contributed by atoms with E-state index >= 15 is 0 Å². The molecule has 1 unspecified atom stereocenters. The van der Waals surface area contributed by atoms with Crippen LogP contribution in [-0.2, 0) is 6.54 Å². The van der Waals surface area contributed by atoms with Crippen molar-refractivity contribution in [1.82, 2.24) is 5.32 Å². The van der Waals surface area contributed by atoms with E-state index in [0.29, 0.717) is 6.04 Å². The van der Waals surface area contributed by atoms with Gasteiger partial charge in [-0.2, -0.15) is 0 Å². The summed E-state index contributed by atoms with van der Waals surface area (Å²) < 4.78 is 1.13. The van der Waals surface area contributed by atoms with Gasteiger partial charge in [-0.3, -0.25) is 0 Å². The third-order valence-corrected chi connectivity index (χ3v) is 4.58. The van der Waals surface area contributed by atoms with Crippen molar-refractivity contribution in [3.05, 3.63) is 55.7 Å². The highest BCUT2D eigenvalue weighted by atomic mass is 79.9. The lowest BCUT2D eigenvalue weighted by Gasteiger charge is -2.14. The number of hydrogen-bond donors (Lipinski definition) is 1. The standard InChI is InChI=1S/C15H18BrNS/c1-10-8-15(12(3)18-10)11(2)17-9-13-4-6-14(16)7-5-13/h4-8,11,17H,9H2,1-3H3. The first kappa shape index (κ1) is 13.8. The van der Waals surface area contributed by atoms with E-state index < -0.39 is 0 Å². The molecular formula is C15H18BrNS. The Hall–Kier alpha value is -0.640. The predicted molar refractivity (Wildman–Crippen MR) is 83.2 cm³/mol. The van der Waals surface area contributed by atoms with E-state index in [1.54, 1.807) is 0 Å². The number of nitrogens with one attached hydrogen (secondary N) is 1. The van der Waals surface area contributed by atoms with E-state index in [0.717, 1.165) is 11.0 Å². The van der Waals surface area contributed by atoms with Crippen molar-refractivity contribution in [2.45, 2.75) is 33.4 Å². The second-order valence-electron chi connectivity index (χ2n) is 4.60. The second-order valence-corrected chi connectivity index (χ2v) is 6.97. The zero-order valence-corrected chi connectivity index (χ0v) is 13.4. The van der Waals surface area contributed by atoms with Gasteiger partial charge < -0.3 is 5.32 Å². The van der Waals surface area contributed by atoms with Gasteiger partial charge in [-0.05, 0) is 50.1 Å². The molecular weight excluding hydrogens is 306 g/mol. The van der Waals surface area contributed by atoms with Gasteiger partial charge in [0, 0.05) is 26.8 Å². The lowest BCUT2D eigenvalue weighted by atomic mass is 10.1. The average Bonchev–Trinajstić information content (AvgIpc) is 2.67. The van der Waals surface area contributed by atoms with Gasteiger partial charge >= 0.3 is 0 Å². The molecule has 1 aromatic heterocycles. The van der Waals surface area contributed by atoms with Gasteiger partial charge in [-0.1, -0.05) is 28.1 Å². The largest absolute Gasteiger partial charge is 0.306 e. The summed E-state index contributed by atoms with van der Waals surface area (Å²) in [5, 5.41) is 3.58. The number of benzene rings is 1. The molecule has 3 heteroatoms. The number of thiophene rings is 1. The molecule has 1 N–H and O–H groups in total. The zero-order chi connectivity index (χ0) is 13.1. The molecule has 0 saturated carbocycles. The minimum atomic E-state index is 0.401. The molecule has 0 aliphatic heterocycles. The van der Waals surface area contributed by atoms with Crippen molar-refractivity contribution in [1.29, 1.82) is 0 Å². The van der Waals surface area contributed by atoms with E-state index in [1.807, 2.05) is 11.3 Å². The fourth-order valence-corrected chi connectivity index (χ4v) is 3.35. The van der Waals surface area contributed by atoms with E-state index in [1.165, 1.54) is 20.9 Å². The number of halogens is 1. The highest BCUT2D eigenvalue weighted by Crippen LogP contribution is 2.26. The van der Waals surface area contributed by atoms with Crippen molar-refractivity contribution >= 4 is 27.3 Å². The minimum Gasteiger partial charge on any atom is -0.306 e. The molecule has 96 valence electrons. The molecule has 2 aromatic rings. The highest BCUT2D eigenvalue weighted by molar-refractivity contribution is 9.10. The zero-order valence-electron chi connectivity index (χ0n) is 11.0. The number of aryl methyl sites for hydroxylation is 2. The smallest absolute Gasteiger partial charge is 0.0305 e. The van der Waals surface area contributed by atoms with Crippen molar-refractivity contribution < 1.29 is 0 Å². The molecule has 0 aliphatic rings. The minimum absolute atomic E-state index is 0.401. The first-order valence-corrected chi connectivity index (χ1v) is 7.72. The Bertz CT molecular complexity index is 516. The van der Waals surface area contributed by atoms with E-state index in [2.05, 4.69) is 72.3 Å². The Morgan fingerprint density at radius 2 is 1.89 bits per heavy atom. The molecule has 1 aromatic carbocycles. The monoisotopic (exact) mass is 323 g/mol. The molecule has 1 nitrogen and oxygen atoms in total. The average molecular weight is 324 g/mol. The van der Waals surface area contributed by atoms with Crippen LogP contribution in [0, 0.1) is 13.8 Å². The predicted octanol–water partition coefficient (Wildman–Crippen LogP) is 4.98. The summed E-state index contributed by atoms with van der Waals surface area (Å²) in [5.74, 6) is 0. The fraction of sp³-hybridized carbons (Fsp3) is 0.333. The molecule has 18 heavy (non-hydrogen) atoms. The van der Waals surface area contributed by atoms with Crippen LogP contribution in [0.3, 0.4) is 0 Å². The van der Waals surface area contributed by atoms with Gasteiger partial charge in [-0.25, -0.2) is 0 Å². The van der Waals surface area contributed by atoms with Crippen molar-refractivity contribution in [2.75, 3.05) is 0 Å². The van der Waals surface area contributed by atoms with E-state index in [9.17, 15) is 0 Å². The maximum atomic E-state index is 3.58. The molecule has 0 fully saturated rings. The van der Waals surface area contributed by atoms with Crippen molar-refractivity contribution in [2.24, 2.45) is 0 Å². The summed E-state index contributed by atoms with van der Waals surface area (Å²) in [4.78, 5) is 2.81. The summed E-state index contributed by atoms with van der Waals surface area (Å²) >= 11 is 5.33. The van der Waals surface area contributed by atoms with Crippen molar-refractivity contribution in [3.8, 4) is 0 Å². The maximum absolute atomic E-state index is 3.58. The van der Waals surface area contributed by atoms with Gasteiger partial charge in [0.05, 0.1) is 0 Å².